The van der Waals surface area contributed by atoms with Crippen LogP contribution in [0.2, 0.25) is 0 Å². The molecule has 3 aromatic rings. The third-order valence-electron chi connectivity index (χ3n) is 2.92. The van der Waals surface area contributed by atoms with Crippen molar-refractivity contribution in [2.45, 2.75) is 26.9 Å². The molecule has 0 amide bonds. The zero-order chi connectivity index (χ0) is 13.4. The monoisotopic (exact) mass is 294 g/mol. The van der Waals surface area contributed by atoms with Crippen LogP contribution in [0.4, 0.5) is 0 Å². The Hall–Kier alpha value is -1.44. The summed E-state index contributed by atoms with van der Waals surface area (Å²) in [5, 5.41) is 5.19. The van der Waals surface area contributed by atoms with Crippen LogP contribution in [0.15, 0.2) is 16.4 Å². The van der Waals surface area contributed by atoms with Gasteiger partial charge in [0.05, 0.1) is 11.4 Å². The fourth-order valence-corrected chi connectivity index (χ4v) is 3.51. The van der Waals surface area contributed by atoms with Gasteiger partial charge in [-0.2, -0.15) is 0 Å². The third kappa shape index (κ3) is 2.49. The zero-order valence-electron chi connectivity index (χ0n) is 10.7. The molecule has 0 aromatic carbocycles. The Balaban J connectivity index is 1.74. The molecule has 19 heavy (non-hydrogen) atoms. The van der Waals surface area contributed by atoms with E-state index in [9.17, 15) is 4.79 Å². The zero-order valence-corrected chi connectivity index (χ0v) is 12.3. The number of aromatic nitrogens is 3. The first-order valence-corrected chi connectivity index (χ1v) is 7.64. The van der Waals surface area contributed by atoms with Crippen molar-refractivity contribution in [1.29, 1.82) is 0 Å². The van der Waals surface area contributed by atoms with Crippen molar-refractivity contribution < 1.29 is 0 Å². The first kappa shape index (κ1) is 12.6. The molecule has 0 bridgehead atoms. The summed E-state index contributed by atoms with van der Waals surface area (Å²) < 4.78 is 2.14. The van der Waals surface area contributed by atoms with Crippen molar-refractivity contribution in [1.82, 2.24) is 19.7 Å². The Morgan fingerprint density at radius 2 is 2.26 bits per heavy atom. The molecule has 0 unspecified atom stereocenters. The molecular formula is C12H14N4OS2. The van der Waals surface area contributed by atoms with Crippen molar-refractivity contribution in [3.8, 4) is 0 Å². The van der Waals surface area contributed by atoms with E-state index in [0.29, 0.717) is 6.54 Å². The second-order valence-electron chi connectivity index (χ2n) is 4.42. The highest BCUT2D eigenvalue weighted by atomic mass is 32.1. The van der Waals surface area contributed by atoms with E-state index in [4.69, 9.17) is 0 Å². The van der Waals surface area contributed by atoms with E-state index < -0.39 is 0 Å². The van der Waals surface area contributed by atoms with E-state index in [1.165, 1.54) is 21.9 Å². The normalized spacial score (nSPS) is 11.5. The minimum atomic E-state index is -0.00631. The molecule has 100 valence electrons. The number of nitrogens with zero attached hydrogens (tertiary/aromatic N) is 2. The molecule has 3 heterocycles. The van der Waals surface area contributed by atoms with Gasteiger partial charge in [-0.05, 0) is 13.8 Å². The van der Waals surface area contributed by atoms with E-state index in [0.717, 1.165) is 22.9 Å². The van der Waals surface area contributed by atoms with Crippen LogP contribution < -0.4 is 10.2 Å². The maximum atomic E-state index is 11.0. The lowest BCUT2D eigenvalue weighted by molar-refractivity contribution is 0.662. The number of rotatable bonds is 4. The van der Waals surface area contributed by atoms with Gasteiger partial charge in [0, 0.05) is 35.2 Å². The summed E-state index contributed by atoms with van der Waals surface area (Å²) in [5.74, 6) is 0. The predicted molar refractivity (Wildman–Crippen MR) is 78.0 cm³/mol. The van der Waals surface area contributed by atoms with Gasteiger partial charge in [-0.3, -0.25) is 9.20 Å². The van der Waals surface area contributed by atoms with Gasteiger partial charge in [-0.25, -0.2) is 4.98 Å². The van der Waals surface area contributed by atoms with Gasteiger partial charge < -0.3 is 10.3 Å². The lowest BCUT2D eigenvalue weighted by Crippen LogP contribution is -2.15. The van der Waals surface area contributed by atoms with Crippen LogP contribution in [0, 0.1) is 13.8 Å². The highest BCUT2D eigenvalue weighted by Crippen LogP contribution is 2.20. The number of hydrogen-bond acceptors (Lipinski definition) is 5. The van der Waals surface area contributed by atoms with E-state index in [1.54, 1.807) is 11.3 Å². The van der Waals surface area contributed by atoms with E-state index in [-0.39, 0.29) is 4.87 Å². The van der Waals surface area contributed by atoms with Crippen LogP contribution in [-0.4, -0.2) is 14.4 Å². The summed E-state index contributed by atoms with van der Waals surface area (Å²) in [6.07, 6.45) is 2.11. The first-order valence-electron chi connectivity index (χ1n) is 5.95. The Bertz CT molecular complexity index is 764. The summed E-state index contributed by atoms with van der Waals surface area (Å²) in [7, 11) is 0. The van der Waals surface area contributed by atoms with Crippen LogP contribution in [0.5, 0.6) is 0 Å². The van der Waals surface area contributed by atoms with Crippen LogP contribution in [-0.2, 0) is 13.1 Å². The second-order valence-corrected chi connectivity index (χ2v) is 6.47. The van der Waals surface area contributed by atoms with E-state index in [2.05, 4.69) is 32.8 Å². The smallest absolute Gasteiger partial charge is 0.304 e. The molecule has 0 fully saturated rings. The second kappa shape index (κ2) is 4.92. The molecule has 5 nitrogen and oxygen atoms in total. The topological polar surface area (TPSA) is 62.2 Å². The van der Waals surface area contributed by atoms with Gasteiger partial charge in [0.25, 0.3) is 0 Å². The molecule has 0 atom stereocenters. The van der Waals surface area contributed by atoms with Crippen LogP contribution in [0.25, 0.3) is 4.96 Å². The molecule has 0 aliphatic rings. The van der Waals surface area contributed by atoms with Gasteiger partial charge in [0.2, 0.25) is 0 Å². The maximum absolute atomic E-state index is 11.0. The Kier molecular flexibility index (Phi) is 3.26. The van der Waals surface area contributed by atoms with Crippen LogP contribution in [0.3, 0.4) is 0 Å². The van der Waals surface area contributed by atoms with Crippen molar-refractivity contribution in [3.05, 3.63) is 43.2 Å². The van der Waals surface area contributed by atoms with E-state index >= 15 is 0 Å². The minimum Gasteiger partial charge on any atom is -0.315 e. The molecular weight excluding hydrogens is 280 g/mol. The summed E-state index contributed by atoms with van der Waals surface area (Å²) in [6.45, 7) is 5.51. The van der Waals surface area contributed by atoms with E-state index in [1.807, 2.05) is 12.3 Å². The predicted octanol–water partition coefficient (Wildman–Crippen LogP) is 2.05. The molecule has 0 saturated heterocycles. The summed E-state index contributed by atoms with van der Waals surface area (Å²) >= 11 is 2.89. The molecule has 3 aromatic heterocycles. The minimum absolute atomic E-state index is 0.00631. The average molecular weight is 294 g/mol. The average Bonchev–Trinajstić information content (AvgIpc) is 2.97. The number of imidazole rings is 1. The number of aryl methyl sites for hydroxylation is 2. The summed E-state index contributed by atoms with van der Waals surface area (Å²) in [6, 6.07) is 0. The lowest BCUT2D eigenvalue weighted by atomic mass is 10.3. The Morgan fingerprint density at radius 1 is 1.42 bits per heavy atom. The molecule has 7 heteroatoms. The number of thiazole rings is 2. The number of H-pyrrole nitrogens is 1. The SMILES string of the molecule is Cc1cn2c(CNCc3csc(=O)[nH]3)c(C)nc2s1. The fourth-order valence-electron chi connectivity index (χ4n) is 2.04. The Labute approximate surface area is 117 Å². The fraction of sp³-hybridized carbons (Fsp3) is 0.333. The molecule has 0 saturated carbocycles. The highest BCUT2D eigenvalue weighted by molar-refractivity contribution is 7.17. The highest BCUT2D eigenvalue weighted by Gasteiger charge is 2.10. The van der Waals surface area contributed by atoms with Crippen molar-refractivity contribution >= 4 is 27.6 Å². The van der Waals surface area contributed by atoms with Crippen LogP contribution >= 0.6 is 22.7 Å². The summed E-state index contributed by atoms with van der Waals surface area (Å²) in [5.41, 5.74) is 3.16. The molecule has 0 spiro atoms. The van der Waals surface area contributed by atoms with Gasteiger partial charge in [0.1, 0.15) is 0 Å². The molecule has 3 rings (SSSR count). The number of nitrogens with one attached hydrogen (secondary N) is 2. The Morgan fingerprint density at radius 3 is 3.00 bits per heavy atom. The van der Waals surface area contributed by atoms with Gasteiger partial charge in [-0.1, -0.05) is 11.3 Å². The van der Waals surface area contributed by atoms with Gasteiger partial charge in [-0.15, -0.1) is 11.3 Å². The standard InChI is InChI=1S/C12H14N4OS2/c1-7-5-16-10(8(2)14-11(16)19-7)4-13-3-9-6-18-12(17)15-9/h5-6,13H,3-4H2,1-2H3,(H,15,17). The molecule has 0 aliphatic carbocycles. The largest absolute Gasteiger partial charge is 0.315 e. The molecule has 2 N–H and O–H groups in total. The molecule has 0 radical (unpaired) electrons. The first-order chi connectivity index (χ1) is 9.13. The quantitative estimate of drug-likeness (QED) is 0.774. The van der Waals surface area contributed by atoms with Gasteiger partial charge in [0.15, 0.2) is 4.96 Å². The molecule has 0 aliphatic heterocycles. The van der Waals surface area contributed by atoms with Gasteiger partial charge >= 0.3 is 4.87 Å². The number of fused-ring (bicyclic) bond motifs is 1. The maximum Gasteiger partial charge on any atom is 0.304 e. The van der Waals surface area contributed by atoms with Crippen LogP contribution in [0.1, 0.15) is 22.0 Å². The van der Waals surface area contributed by atoms with Crippen molar-refractivity contribution in [2.75, 3.05) is 0 Å². The summed E-state index contributed by atoms with van der Waals surface area (Å²) in [4.78, 5) is 20.7. The number of hydrogen-bond donors (Lipinski definition) is 2. The third-order valence-corrected chi connectivity index (χ3v) is 4.54. The lowest BCUT2D eigenvalue weighted by Gasteiger charge is -2.03. The van der Waals surface area contributed by atoms with Crippen molar-refractivity contribution in [2.24, 2.45) is 0 Å². The number of aromatic amines is 1. The van der Waals surface area contributed by atoms with Crippen molar-refractivity contribution in [3.63, 3.8) is 0 Å².